The molecule has 0 atom stereocenters. The molecule has 1 spiro atoms. The summed E-state index contributed by atoms with van der Waals surface area (Å²) in [6.45, 7) is 1.12. The van der Waals surface area contributed by atoms with Gasteiger partial charge in [-0.05, 0) is 0 Å². The van der Waals surface area contributed by atoms with Crippen molar-refractivity contribution in [2.24, 2.45) is 0 Å². The highest BCUT2D eigenvalue weighted by molar-refractivity contribution is 5.88. The Morgan fingerprint density at radius 1 is 1.25 bits per heavy atom. The van der Waals surface area contributed by atoms with Gasteiger partial charge in [-0.3, -0.25) is 4.79 Å². The number of rotatable bonds is 0. The maximum absolute atomic E-state index is 12.5. The highest BCUT2D eigenvalue weighted by Crippen LogP contribution is 2.46. The van der Waals surface area contributed by atoms with Crippen LogP contribution in [-0.4, -0.2) is 30.5 Å². The van der Waals surface area contributed by atoms with Crippen LogP contribution in [0.2, 0.25) is 0 Å². The van der Waals surface area contributed by atoms with Gasteiger partial charge in [0.2, 0.25) is 5.91 Å². The zero-order chi connectivity index (χ0) is 8.82. The fourth-order valence-corrected chi connectivity index (χ4v) is 1.84. The molecule has 1 aliphatic carbocycles. The second kappa shape index (κ2) is 2.16. The Morgan fingerprint density at radius 2 is 1.92 bits per heavy atom. The van der Waals surface area contributed by atoms with Gasteiger partial charge in [-0.15, -0.1) is 0 Å². The molecule has 1 heterocycles. The van der Waals surface area contributed by atoms with Gasteiger partial charge in [0.15, 0.2) is 0 Å². The molecular formula is C7H10F2N2O. The summed E-state index contributed by atoms with van der Waals surface area (Å²) in [7, 11) is 0. The van der Waals surface area contributed by atoms with Crippen molar-refractivity contribution in [3.63, 3.8) is 0 Å². The van der Waals surface area contributed by atoms with E-state index in [-0.39, 0.29) is 18.7 Å². The lowest BCUT2D eigenvalue weighted by Gasteiger charge is -2.48. The monoisotopic (exact) mass is 176 g/mol. The second-order valence-corrected chi connectivity index (χ2v) is 3.47. The van der Waals surface area contributed by atoms with Crippen molar-refractivity contribution < 1.29 is 13.6 Å². The lowest BCUT2D eigenvalue weighted by Crippen LogP contribution is -2.72. The second-order valence-electron chi connectivity index (χ2n) is 3.47. The van der Waals surface area contributed by atoms with Gasteiger partial charge in [-0.2, -0.15) is 0 Å². The molecule has 2 rings (SSSR count). The van der Waals surface area contributed by atoms with E-state index in [9.17, 15) is 13.6 Å². The minimum atomic E-state index is -2.65. The third-order valence-electron chi connectivity index (χ3n) is 2.43. The van der Waals surface area contributed by atoms with Gasteiger partial charge in [0, 0.05) is 25.9 Å². The van der Waals surface area contributed by atoms with Crippen molar-refractivity contribution >= 4 is 5.91 Å². The summed E-state index contributed by atoms with van der Waals surface area (Å²) in [6.07, 6.45) is -0.711. The molecule has 1 amide bonds. The SMILES string of the molecule is O=C1NCCNC12CC(F)(F)C2. The number of hydrogen-bond donors (Lipinski definition) is 2. The van der Waals surface area contributed by atoms with Gasteiger partial charge in [-0.25, -0.2) is 8.78 Å². The van der Waals surface area contributed by atoms with Gasteiger partial charge >= 0.3 is 0 Å². The van der Waals surface area contributed by atoms with Gasteiger partial charge in [-0.1, -0.05) is 0 Å². The topological polar surface area (TPSA) is 41.1 Å². The average molecular weight is 176 g/mol. The van der Waals surface area contributed by atoms with E-state index in [2.05, 4.69) is 10.6 Å². The first-order valence-corrected chi connectivity index (χ1v) is 3.95. The predicted molar refractivity (Wildman–Crippen MR) is 37.9 cm³/mol. The number of hydrogen-bond acceptors (Lipinski definition) is 2. The largest absolute Gasteiger partial charge is 0.353 e. The Hall–Kier alpha value is -0.710. The van der Waals surface area contributed by atoms with E-state index in [0.29, 0.717) is 13.1 Å². The molecule has 0 aromatic rings. The lowest BCUT2D eigenvalue weighted by atomic mass is 9.72. The molecular weight excluding hydrogens is 166 g/mol. The molecule has 0 aromatic carbocycles. The molecule has 5 heteroatoms. The number of piperazine rings is 1. The molecule has 12 heavy (non-hydrogen) atoms. The van der Waals surface area contributed by atoms with E-state index in [1.807, 2.05) is 0 Å². The Bertz CT molecular complexity index is 221. The minimum Gasteiger partial charge on any atom is -0.353 e. The van der Waals surface area contributed by atoms with Crippen LogP contribution in [0.5, 0.6) is 0 Å². The van der Waals surface area contributed by atoms with Crippen molar-refractivity contribution in [3.05, 3.63) is 0 Å². The normalized spacial score (nSPS) is 31.0. The summed E-state index contributed by atoms with van der Waals surface area (Å²) in [6, 6.07) is 0. The van der Waals surface area contributed by atoms with E-state index < -0.39 is 11.5 Å². The van der Waals surface area contributed by atoms with Crippen LogP contribution >= 0.6 is 0 Å². The van der Waals surface area contributed by atoms with Crippen LogP contribution in [0.1, 0.15) is 12.8 Å². The van der Waals surface area contributed by atoms with E-state index >= 15 is 0 Å². The number of halogens is 2. The first kappa shape index (κ1) is 7.91. The van der Waals surface area contributed by atoms with Crippen molar-refractivity contribution in [2.75, 3.05) is 13.1 Å². The summed E-state index contributed by atoms with van der Waals surface area (Å²) >= 11 is 0. The van der Waals surface area contributed by atoms with Gasteiger partial charge in [0.25, 0.3) is 5.92 Å². The van der Waals surface area contributed by atoms with Gasteiger partial charge < -0.3 is 10.6 Å². The maximum atomic E-state index is 12.5. The molecule has 1 aliphatic heterocycles. The molecule has 3 nitrogen and oxygen atoms in total. The van der Waals surface area contributed by atoms with Crippen LogP contribution in [0.15, 0.2) is 0 Å². The number of nitrogens with one attached hydrogen (secondary N) is 2. The van der Waals surface area contributed by atoms with Crippen LogP contribution in [-0.2, 0) is 4.79 Å². The number of carbonyl (C=O) groups excluding carboxylic acids is 1. The molecule has 1 saturated carbocycles. The molecule has 68 valence electrons. The van der Waals surface area contributed by atoms with E-state index in [4.69, 9.17) is 0 Å². The van der Waals surface area contributed by atoms with Crippen molar-refractivity contribution in [3.8, 4) is 0 Å². The van der Waals surface area contributed by atoms with Gasteiger partial charge in [0.05, 0.1) is 0 Å². The van der Waals surface area contributed by atoms with Crippen LogP contribution in [0, 0.1) is 0 Å². The standard InChI is InChI=1S/C7H10F2N2O/c8-7(9)3-6(4-7)5(12)10-1-2-11-6/h11H,1-4H2,(H,10,12). The van der Waals surface area contributed by atoms with Crippen molar-refractivity contribution in [1.29, 1.82) is 0 Å². The summed E-state index contributed by atoms with van der Waals surface area (Å²) in [4.78, 5) is 11.2. The molecule has 0 unspecified atom stereocenters. The van der Waals surface area contributed by atoms with Crippen molar-refractivity contribution in [1.82, 2.24) is 10.6 Å². The third kappa shape index (κ3) is 0.998. The molecule has 0 radical (unpaired) electrons. The Balaban J connectivity index is 2.08. The van der Waals surface area contributed by atoms with Crippen LogP contribution in [0.4, 0.5) is 8.78 Å². The lowest BCUT2D eigenvalue weighted by molar-refractivity contribution is -0.165. The summed E-state index contributed by atoms with van der Waals surface area (Å²) < 4.78 is 25.0. The zero-order valence-corrected chi connectivity index (χ0v) is 6.49. The molecule has 2 fully saturated rings. The maximum Gasteiger partial charge on any atom is 0.252 e. The molecule has 0 aromatic heterocycles. The van der Waals surface area contributed by atoms with Gasteiger partial charge in [0.1, 0.15) is 5.54 Å². The van der Waals surface area contributed by atoms with Crippen LogP contribution in [0.3, 0.4) is 0 Å². The Morgan fingerprint density at radius 3 is 2.42 bits per heavy atom. The molecule has 2 aliphatic rings. The number of alkyl halides is 2. The highest BCUT2D eigenvalue weighted by Gasteiger charge is 2.61. The third-order valence-corrected chi connectivity index (χ3v) is 2.43. The summed E-state index contributed by atoms with van der Waals surface area (Å²) in [5, 5.41) is 5.42. The highest BCUT2D eigenvalue weighted by atomic mass is 19.3. The molecule has 1 saturated heterocycles. The minimum absolute atomic E-state index is 0.278. The number of amides is 1. The average Bonchev–Trinajstić information content (AvgIpc) is 1.91. The van der Waals surface area contributed by atoms with Crippen molar-refractivity contribution in [2.45, 2.75) is 24.3 Å². The quantitative estimate of drug-likeness (QED) is 0.540. The van der Waals surface area contributed by atoms with E-state index in [1.54, 1.807) is 0 Å². The number of carbonyl (C=O) groups is 1. The summed E-state index contributed by atoms with van der Waals surface area (Å²) in [5.41, 5.74) is -0.957. The van der Waals surface area contributed by atoms with Crippen LogP contribution < -0.4 is 10.6 Å². The van der Waals surface area contributed by atoms with E-state index in [1.165, 1.54) is 0 Å². The summed E-state index contributed by atoms with van der Waals surface area (Å²) in [5.74, 6) is -2.93. The Labute approximate surface area is 68.5 Å². The Kier molecular flexibility index (Phi) is 1.42. The van der Waals surface area contributed by atoms with Crippen LogP contribution in [0.25, 0.3) is 0 Å². The first-order valence-electron chi connectivity index (χ1n) is 3.95. The van der Waals surface area contributed by atoms with E-state index in [0.717, 1.165) is 0 Å². The molecule has 2 N–H and O–H groups in total. The first-order chi connectivity index (χ1) is 5.54. The fourth-order valence-electron chi connectivity index (χ4n) is 1.84. The predicted octanol–water partition coefficient (Wildman–Crippen LogP) is -0.126. The fraction of sp³-hybridized carbons (Fsp3) is 0.857. The molecule has 0 bridgehead atoms. The smallest absolute Gasteiger partial charge is 0.252 e. The zero-order valence-electron chi connectivity index (χ0n) is 6.49.